The van der Waals surface area contributed by atoms with E-state index in [9.17, 15) is 0 Å². The predicted molar refractivity (Wildman–Crippen MR) is 108 cm³/mol. The Balaban J connectivity index is 2.39. The maximum absolute atomic E-state index is 5.23. The van der Waals surface area contributed by atoms with Crippen LogP contribution in [-0.4, -0.2) is 0 Å². The molecule has 0 saturated carbocycles. The first kappa shape index (κ1) is 17.3. The zero-order valence-corrected chi connectivity index (χ0v) is 15.6. The number of benzene rings is 3. The summed E-state index contributed by atoms with van der Waals surface area (Å²) in [4.78, 5) is 0. The zero-order valence-electron chi connectivity index (χ0n) is 12.0. The molecular formula is C16H12O4S4. The highest BCUT2D eigenvalue weighted by molar-refractivity contribution is 7.75. The third-order valence-corrected chi connectivity index (χ3v) is 4.40. The molecule has 0 radical (unpaired) electrons. The SMILES string of the molecule is SOc1ccc(OS)c(-c2ccc(OS)c3cccc(OS)c23)c1. The van der Waals surface area contributed by atoms with Crippen LogP contribution in [0.25, 0.3) is 21.9 Å². The lowest BCUT2D eigenvalue weighted by Crippen LogP contribution is -1.90. The summed E-state index contributed by atoms with van der Waals surface area (Å²) in [5.41, 5.74) is 1.59. The van der Waals surface area contributed by atoms with Gasteiger partial charge in [0.25, 0.3) is 0 Å². The fraction of sp³-hybridized carbons (Fsp3) is 0. The molecule has 0 aromatic heterocycles. The molecule has 0 aliphatic carbocycles. The molecule has 0 saturated heterocycles. The average Bonchev–Trinajstić information content (AvgIpc) is 2.65. The van der Waals surface area contributed by atoms with Crippen molar-refractivity contribution in [3.63, 3.8) is 0 Å². The first-order chi connectivity index (χ1) is 11.7. The highest BCUT2D eigenvalue weighted by atomic mass is 32.1. The quantitative estimate of drug-likeness (QED) is 0.344. The second-order valence-corrected chi connectivity index (χ2v) is 5.54. The minimum atomic E-state index is 0.558. The van der Waals surface area contributed by atoms with Crippen molar-refractivity contribution >= 4 is 62.4 Å². The van der Waals surface area contributed by atoms with Crippen LogP contribution in [0.4, 0.5) is 0 Å². The molecule has 0 bridgehead atoms. The maximum atomic E-state index is 5.23. The number of thiol groups is 4. The van der Waals surface area contributed by atoms with E-state index in [1.165, 1.54) is 0 Å². The number of hydrogen-bond acceptors (Lipinski definition) is 8. The van der Waals surface area contributed by atoms with Gasteiger partial charge in [-0.05, 0) is 42.0 Å². The van der Waals surface area contributed by atoms with Crippen LogP contribution in [0, 0.1) is 0 Å². The van der Waals surface area contributed by atoms with Crippen molar-refractivity contribution in [2.45, 2.75) is 0 Å². The molecular weight excluding hydrogens is 384 g/mol. The van der Waals surface area contributed by atoms with Crippen molar-refractivity contribution in [1.82, 2.24) is 0 Å². The van der Waals surface area contributed by atoms with E-state index in [0.29, 0.717) is 23.0 Å². The average molecular weight is 397 g/mol. The number of rotatable bonds is 5. The van der Waals surface area contributed by atoms with Gasteiger partial charge in [-0.25, -0.2) is 0 Å². The summed E-state index contributed by atoms with van der Waals surface area (Å²) < 4.78 is 20.6. The normalized spacial score (nSPS) is 10.5. The predicted octanol–water partition coefficient (Wildman–Crippen LogP) is 5.40. The maximum Gasteiger partial charge on any atom is 0.145 e. The molecule has 24 heavy (non-hydrogen) atoms. The molecule has 0 atom stereocenters. The topological polar surface area (TPSA) is 36.9 Å². The lowest BCUT2D eigenvalue weighted by atomic mass is 9.96. The molecule has 0 heterocycles. The van der Waals surface area contributed by atoms with Crippen molar-refractivity contribution in [2.24, 2.45) is 0 Å². The molecule has 0 spiro atoms. The van der Waals surface area contributed by atoms with Crippen LogP contribution in [0.2, 0.25) is 0 Å². The van der Waals surface area contributed by atoms with Crippen LogP contribution in [0.15, 0.2) is 48.5 Å². The van der Waals surface area contributed by atoms with Gasteiger partial charge in [-0.2, -0.15) is 0 Å². The molecule has 0 aliphatic heterocycles. The Morgan fingerprint density at radius 3 is 1.96 bits per heavy atom. The number of fused-ring (bicyclic) bond motifs is 1. The standard InChI is InChI=1S/C16H12O4S4/c21-17-9-4-6-14(19-23)12(8-9)10-5-7-13(18-22)11-2-1-3-15(20-24)16(10)11/h1-8,21-24H. The number of hydrogen-bond donors (Lipinski definition) is 4. The van der Waals surface area contributed by atoms with Gasteiger partial charge >= 0.3 is 0 Å². The smallest absolute Gasteiger partial charge is 0.145 e. The Labute approximate surface area is 161 Å². The Morgan fingerprint density at radius 1 is 0.583 bits per heavy atom. The van der Waals surface area contributed by atoms with Gasteiger partial charge in [-0.1, -0.05) is 12.1 Å². The van der Waals surface area contributed by atoms with E-state index >= 15 is 0 Å². The van der Waals surface area contributed by atoms with Crippen molar-refractivity contribution in [3.05, 3.63) is 48.5 Å². The highest BCUT2D eigenvalue weighted by Gasteiger charge is 2.17. The summed E-state index contributed by atoms with van der Waals surface area (Å²) in [6.07, 6.45) is 0. The third kappa shape index (κ3) is 3.06. The van der Waals surface area contributed by atoms with E-state index in [-0.39, 0.29) is 0 Å². The van der Waals surface area contributed by atoms with Gasteiger partial charge in [0, 0.05) is 68.0 Å². The van der Waals surface area contributed by atoms with Crippen LogP contribution in [0.3, 0.4) is 0 Å². The Bertz CT molecular complexity index is 885. The van der Waals surface area contributed by atoms with Crippen molar-refractivity contribution in [3.8, 4) is 34.1 Å². The van der Waals surface area contributed by atoms with Crippen molar-refractivity contribution < 1.29 is 16.7 Å². The Morgan fingerprint density at radius 2 is 1.29 bits per heavy atom. The molecule has 0 fully saturated rings. The van der Waals surface area contributed by atoms with Gasteiger partial charge in [0.15, 0.2) is 0 Å². The van der Waals surface area contributed by atoms with E-state index in [0.717, 1.165) is 21.9 Å². The van der Waals surface area contributed by atoms with Gasteiger partial charge in [-0.3, -0.25) is 0 Å². The molecule has 4 nitrogen and oxygen atoms in total. The van der Waals surface area contributed by atoms with Crippen LogP contribution in [0.1, 0.15) is 0 Å². The molecule has 3 aromatic carbocycles. The first-order valence-corrected chi connectivity index (χ1v) is 8.15. The largest absolute Gasteiger partial charge is 0.429 e. The minimum absolute atomic E-state index is 0.558. The Kier molecular flexibility index (Phi) is 5.50. The van der Waals surface area contributed by atoms with Gasteiger partial charge in [0.2, 0.25) is 0 Å². The molecule has 0 N–H and O–H groups in total. The second-order valence-electron chi connectivity index (χ2n) is 4.81. The summed E-state index contributed by atoms with van der Waals surface area (Å²) in [5, 5.41) is 1.61. The summed E-state index contributed by atoms with van der Waals surface area (Å²) in [5.74, 6) is 2.29. The highest BCUT2D eigenvalue weighted by Crippen LogP contribution is 2.44. The van der Waals surface area contributed by atoms with E-state index < -0.39 is 0 Å². The molecule has 0 unspecified atom stereocenters. The molecule has 0 amide bonds. The van der Waals surface area contributed by atoms with Gasteiger partial charge < -0.3 is 16.7 Å². The fourth-order valence-corrected chi connectivity index (χ4v) is 3.17. The van der Waals surface area contributed by atoms with Crippen LogP contribution >= 0.6 is 51.6 Å². The van der Waals surface area contributed by atoms with Crippen molar-refractivity contribution in [1.29, 1.82) is 0 Å². The molecule has 3 aromatic rings. The second kappa shape index (κ2) is 7.60. The summed E-state index contributed by atoms with van der Waals surface area (Å²) in [7, 11) is 0. The minimum Gasteiger partial charge on any atom is -0.429 e. The van der Waals surface area contributed by atoms with E-state index in [1.54, 1.807) is 24.3 Å². The molecule has 0 aliphatic rings. The van der Waals surface area contributed by atoms with Gasteiger partial charge in [0.05, 0.1) is 0 Å². The Hall–Kier alpha value is -1.48. The fourth-order valence-electron chi connectivity index (χ4n) is 2.58. The third-order valence-electron chi connectivity index (χ3n) is 3.60. The monoisotopic (exact) mass is 396 g/mol. The molecule has 8 heteroatoms. The van der Waals surface area contributed by atoms with Crippen LogP contribution in [0.5, 0.6) is 23.0 Å². The van der Waals surface area contributed by atoms with Crippen LogP contribution < -0.4 is 16.7 Å². The van der Waals surface area contributed by atoms with Gasteiger partial charge in [-0.15, -0.1) is 0 Å². The summed E-state index contributed by atoms with van der Waals surface area (Å²) in [6.45, 7) is 0. The molecule has 3 rings (SSSR count). The molecule has 124 valence electrons. The zero-order chi connectivity index (χ0) is 17.1. The summed E-state index contributed by atoms with van der Waals surface area (Å²) >= 11 is 15.7. The van der Waals surface area contributed by atoms with E-state index in [1.807, 2.05) is 24.3 Å². The lowest BCUT2D eigenvalue weighted by Gasteiger charge is -2.15. The first-order valence-electron chi connectivity index (χ1n) is 6.69. The van der Waals surface area contributed by atoms with E-state index in [2.05, 4.69) is 51.6 Å². The lowest BCUT2D eigenvalue weighted by molar-refractivity contribution is 0.641. The van der Waals surface area contributed by atoms with Gasteiger partial charge in [0.1, 0.15) is 23.0 Å². The van der Waals surface area contributed by atoms with Crippen LogP contribution in [-0.2, 0) is 0 Å². The van der Waals surface area contributed by atoms with Crippen molar-refractivity contribution in [2.75, 3.05) is 0 Å². The summed E-state index contributed by atoms with van der Waals surface area (Å²) in [6, 6.07) is 14.5. The van der Waals surface area contributed by atoms with E-state index in [4.69, 9.17) is 16.7 Å².